The predicted molar refractivity (Wildman–Crippen MR) is 65.5 cm³/mol. The van der Waals surface area contributed by atoms with Crippen LogP contribution in [-0.2, 0) is 6.54 Å². The molecule has 1 aromatic carbocycles. The first-order chi connectivity index (χ1) is 7.15. The highest BCUT2D eigenvalue weighted by atomic mass is 32.2. The molecule has 0 spiro atoms. The summed E-state index contributed by atoms with van der Waals surface area (Å²) in [7, 11) is 2.01. The van der Waals surface area contributed by atoms with Gasteiger partial charge in [-0.25, -0.2) is 4.39 Å². The summed E-state index contributed by atoms with van der Waals surface area (Å²) in [6.45, 7) is 1.68. The highest BCUT2D eigenvalue weighted by Gasteiger charge is 2.06. The van der Waals surface area contributed by atoms with E-state index in [-0.39, 0.29) is 11.5 Å². The van der Waals surface area contributed by atoms with Gasteiger partial charge in [-0.15, -0.1) is 0 Å². The lowest BCUT2D eigenvalue weighted by molar-refractivity contribution is 0.349. The van der Waals surface area contributed by atoms with Crippen LogP contribution in [0.5, 0.6) is 0 Å². The zero-order valence-corrected chi connectivity index (χ0v) is 9.98. The van der Waals surface area contributed by atoms with Gasteiger partial charge in [-0.1, -0.05) is 12.1 Å². The summed E-state index contributed by atoms with van der Waals surface area (Å²) in [4.78, 5) is 2.14. The van der Waals surface area contributed by atoms with Crippen molar-refractivity contribution in [3.8, 4) is 0 Å². The number of rotatable bonds is 5. The first-order valence-corrected chi connectivity index (χ1v) is 6.25. The van der Waals surface area contributed by atoms with Crippen LogP contribution in [0.15, 0.2) is 18.2 Å². The van der Waals surface area contributed by atoms with Gasteiger partial charge in [-0.3, -0.25) is 0 Å². The van der Waals surface area contributed by atoms with Gasteiger partial charge in [-0.2, -0.15) is 11.8 Å². The summed E-state index contributed by atoms with van der Waals surface area (Å²) in [6, 6.07) is 4.96. The Bertz CT molecular complexity index is 317. The molecule has 4 heteroatoms. The maximum atomic E-state index is 13.1. The fraction of sp³-hybridized carbons (Fsp3) is 0.455. The second-order valence-corrected chi connectivity index (χ2v) is 4.53. The van der Waals surface area contributed by atoms with Gasteiger partial charge in [-0.05, 0) is 24.9 Å². The van der Waals surface area contributed by atoms with Crippen LogP contribution in [0, 0.1) is 5.82 Å². The lowest BCUT2D eigenvalue weighted by Gasteiger charge is -2.17. The molecule has 0 saturated carbocycles. The predicted octanol–water partition coefficient (Wildman–Crippen LogP) is 2.20. The maximum absolute atomic E-state index is 13.1. The third-order valence-corrected chi connectivity index (χ3v) is 2.85. The molecule has 0 unspecified atom stereocenters. The number of thioether (sulfide) groups is 1. The zero-order valence-electron chi connectivity index (χ0n) is 9.16. The summed E-state index contributed by atoms with van der Waals surface area (Å²) >= 11 is 1.80. The molecular formula is C11H17FN2S. The summed E-state index contributed by atoms with van der Waals surface area (Å²) in [5.41, 5.74) is 6.78. The van der Waals surface area contributed by atoms with Gasteiger partial charge in [0.25, 0.3) is 0 Å². The molecule has 0 aromatic heterocycles. The van der Waals surface area contributed by atoms with Crippen molar-refractivity contribution in [2.75, 3.05) is 31.3 Å². The lowest BCUT2D eigenvalue weighted by atomic mass is 10.1. The number of para-hydroxylation sites is 1. The van der Waals surface area contributed by atoms with E-state index in [0.29, 0.717) is 6.54 Å². The molecule has 0 saturated heterocycles. The van der Waals surface area contributed by atoms with Crippen LogP contribution >= 0.6 is 11.8 Å². The smallest absolute Gasteiger partial charge is 0.146 e. The molecule has 2 nitrogen and oxygen atoms in total. The molecule has 0 aliphatic heterocycles. The van der Waals surface area contributed by atoms with Crippen LogP contribution in [0.25, 0.3) is 0 Å². The van der Waals surface area contributed by atoms with E-state index >= 15 is 0 Å². The fourth-order valence-electron chi connectivity index (χ4n) is 1.34. The van der Waals surface area contributed by atoms with Gasteiger partial charge in [0, 0.05) is 18.8 Å². The standard InChI is InChI=1S/C11H17FN2S/c1-14(6-7-15-2)8-9-4-3-5-10(12)11(9)13/h3-5H,6-8,13H2,1-2H3. The SMILES string of the molecule is CSCCN(C)Cc1cccc(F)c1N. The van der Waals surface area contributed by atoms with Gasteiger partial charge in [0.15, 0.2) is 0 Å². The molecule has 0 radical (unpaired) electrons. The van der Waals surface area contributed by atoms with Crippen molar-refractivity contribution in [3.05, 3.63) is 29.6 Å². The summed E-state index contributed by atoms with van der Waals surface area (Å²) < 4.78 is 13.1. The number of benzene rings is 1. The number of halogens is 1. The Morgan fingerprint density at radius 2 is 2.20 bits per heavy atom. The van der Waals surface area contributed by atoms with E-state index in [4.69, 9.17) is 5.73 Å². The molecule has 15 heavy (non-hydrogen) atoms. The van der Waals surface area contributed by atoms with Crippen LogP contribution in [0.4, 0.5) is 10.1 Å². The van der Waals surface area contributed by atoms with E-state index in [1.54, 1.807) is 17.8 Å². The van der Waals surface area contributed by atoms with Crippen LogP contribution in [-0.4, -0.2) is 30.5 Å². The fourth-order valence-corrected chi connectivity index (χ4v) is 1.83. The molecule has 0 atom stereocenters. The largest absolute Gasteiger partial charge is 0.396 e. The Balaban J connectivity index is 2.60. The summed E-state index contributed by atoms with van der Waals surface area (Å²) in [5, 5.41) is 0. The van der Waals surface area contributed by atoms with E-state index in [2.05, 4.69) is 11.2 Å². The molecule has 0 fully saturated rings. The number of hydrogen-bond acceptors (Lipinski definition) is 3. The third kappa shape index (κ3) is 3.72. The molecule has 0 heterocycles. The Labute approximate surface area is 94.6 Å². The van der Waals surface area contributed by atoms with E-state index < -0.39 is 0 Å². The van der Waals surface area contributed by atoms with Crippen LogP contribution in [0.3, 0.4) is 0 Å². The Hall–Kier alpha value is -0.740. The van der Waals surface area contributed by atoms with Gasteiger partial charge in [0.1, 0.15) is 5.82 Å². The summed E-state index contributed by atoms with van der Waals surface area (Å²) in [5.74, 6) is 0.747. The maximum Gasteiger partial charge on any atom is 0.146 e. The van der Waals surface area contributed by atoms with Gasteiger partial charge >= 0.3 is 0 Å². The van der Waals surface area contributed by atoms with Crippen LogP contribution in [0.1, 0.15) is 5.56 Å². The Kier molecular flexibility index (Phi) is 4.91. The zero-order chi connectivity index (χ0) is 11.3. The van der Waals surface area contributed by atoms with Crippen molar-refractivity contribution in [2.45, 2.75) is 6.54 Å². The molecule has 1 rings (SSSR count). The molecule has 0 bridgehead atoms. The molecule has 0 aliphatic carbocycles. The van der Waals surface area contributed by atoms with Crippen LogP contribution < -0.4 is 5.73 Å². The third-order valence-electron chi connectivity index (χ3n) is 2.26. The normalized spacial score (nSPS) is 10.9. The van der Waals surface area contributed by atoms with Gasteiger partial charge in [0.05, 0.1) is 5.69 Å². The van der Waals surface area contributed by atoms with Crippen molar-refractivity contribution in [1.29, 1.82) is 0 Å². The average molecular weight is 228 g/mol. The highest BCUT2D eigenvalue weighted by molar-refractivity contribution is 7.98. The Morgan fingerprint density at radius 3 is 2.87 bits per heavy atom. The van der Waals surface area contributed by atoms with Crippen molar-refractivity contribution in [1.82, 2.24) is 4.90 Å². The second kappa shape index (κ2) is 5.98. The van der Waals surface area contributed by atoms with Crippen molar-refractivity contribution >= 4 is 17.4 Å². The molecule has 0 amide bonds. The Morgan fingerprint density at radius 1 is 1.47 bits per heavy atom. The minimum atomic E-state index is -0.328. The lowest BCUT2D eigenvalue weighted by Crippen LogP contribution is -2.21. The first kappa shape index (κ1) is 12.3. The molecule has 84 valence electrons. The van der Waals surface area contributed by atoms with E-state index in [0.717, 1.165) is 17.9 Å². The van der Waals surface area contributed by atoms with E-state index in [9.17, 15) is 4.39 Å². The topological polar surface area (TPSA) is 29.3 Å². The second-order valence-electron chi connectivity index (χ2n) is 3.54. The van der Waals surface area contributed by atoms with Crippen molar-refractivity contribution in [2.24, 2.45) is 0 Å². The highest BCUT2D eigenvalue weighted by Crippen LogP contribution is 2.17. The summed E-state index contributed by atoms with van der Waals surface area (Å²) in [6.07, 6.45) is 2.07. The van der Waals surface area contributed by atoms with Crippen molar-refractivity contribution < 1.29 is 4.39 Å². The number of nitrogen functional groups attached to an aromatic ring is 1. The van der Waals surface area contributed by atoms with Crippen molar-refractivity contribution in [3.63, 3.8) is 0 Å². The number of nitrogens with zero attached hydrogens (tertiary/aromatic N) is 1. The minimum Gasteiger partial charge on any atom is -0.396 e. The van der Waals surface area contributed by atoms with E-state index in [1.165, 1.54) is 6.07 Å². The molecule has 0 aliphatic rings. The number of hydrogen-bond donors (Lipinski definition) is 1. The molecular weight excluding hydrogens is 211 g/mol. The van der Waals surface area contributed by atoms with E-state index in [1.807, 2.05) is 13.1 Å². The van der Waals surface area contributed by atoms with Crippen LogP contribution in [0.2, 0.25) is 0 Å². The number of anilines is 1. The average Bonchev–Trinajstić information content (AvgIpc) is 2.22. The van der Waals surface area contributed by atoms with Gasteiger partial charge < -0.3 is 10.6 Å². The molecule has 2 N–H and O–H groups in total. The minimum absolute atomic E-state index is 0.272. The monoisotopic (exact) mass is 228 g/mol. The number of nitrogens with two attached hydrogens (primary N) is 1. The quantitative estimate of drug-likeness (QED) is 0.783. The molecule has 1 aromatic rings. The van der Waals surface area contributed by atoms with Gasteiger partial charge in [0.2, 0.25) is 0 Å². The first-order valence-electron chi connectivity index (χ1n) is 4.85.